The van der Waals surface area contributed by atoms with Gasteiger partial charge < -0.3 is 11.5 Å². The van der Waals surface area contributed by atoms with Crippen LogP contribution >= 0.6 is 0 Å². The second-order valence-corrected chi connectivity index (χ2v) is 3.47. The SMILES string of the molecule is CC[C@H](C)[C@H](N)C(=O)n1cc(N)cn1. The zero-order valence-corrected chi connectivity index (χ0v) is 8.47. The van der Waals surface area contributed by atoms with Gasteiger partial charge in [-0.25, -0.2) is 4.68 Å². The van der Waals surface area contributed by atoms with Gasteiger partial charge in [0.1, 0.15) is 0 Å². The number of aromatic nitrogens is 2. The Kier molecular flexibility index (Phi) is 3.24. The molecule has 78 valence electrons. The molecule has 0 radical (unpaired) electrons. The minimum atomic E-state index is -0.515. The summed E-state index contributed by atoms with van der Waals surface area (Å²) in [6.45, 7) is 3.94. The van der Waals surface area contributed by atoms with E-state index in [0.29, 0.717) is 5.69 Å². The zero-order chi connectivity index (χ0) is 10.7. The maximum absolute atomic E-state index is 11.7. The average Bonchev–Trinajstić information content (AvgIpc) is 2.61. The van der Waals surface area contributed by atoms with Crippen LogP contribution in [-0.2, 0) is 0 Å². The van der Waals surface area contributed by atoms with Crippen molar-refractivity contribution in [2.45, 2.75) is 26.3 Å². The Morgan fingerprint density at radius 3 is 2.79 bits per heavy atom. The summed E-state index contributed by atoms with van der Waals surface area (Å²) in [5.74, 6) is -0.0658. The molecule has 14 heavy (non-hydrogen) atoms. The van der Waals surface area contributed by atoms with Crippen molar-refractivity contribution < 1.29 is 4.79 Å². The minimum absolute atomic E-state index is 0.146. The second-order valence-electron chi connectivity index (χ2n) is 3.47. The quantitative estimate of drug-likeness (QED) is 0.736. The zero-order valence-electron chi connectivity index (χ0n) is 8.47. The van der Waals surface area contributed by atoms with Gasteiger partial charge in [-0.3, -0.25) is 4.79 Å². The Balaban J connectivity index is 2.75. The average molecular weight is 196 g/mol. The highest BCUT2D eigenvalue weighted by Crippen LogP contribution is 2.08. The number of hydrogen-bond donors (Lipinski definition) is 2. The molecular weight excluding hydrogens is 180 g/mol. The molecule has 0 aliphatic heterocycles. The molecule has 0 aliphatic rings. The summed E-state index contributed by atoms with van der Waals surface area (Å²) in [6.07, 6.45) is 3.77. The van der Waals surface area contributed by atoms with Crippen molar-refractivity contribution >= 4 is 11.6 Å². The van der Waals surface area contributed by atoms with Crippen LogP contribution < -0.4 is 11.5 Å². The first-order valence-electron chi connectivity index (χ1n) is 4.66. The molecule has 5 nitrogen and oxygen atoms in total. The summed E-state index contributed by atoms with van der Waals surface area (Å²) in [4.78, 5) is 11.7. The number of nitrogens with two attached hydrogens (primary N) is 2. The fourth-order valence-corrected chi connectivity index (χ4v) is 1.11. The molecule has 4 N–H and O–H groups in total. The van der Waals surface area contributed by atoms with Crippen LogP contribution in [0.4, 0.5) is 5.69 Å². The van der Waals surface area contributed by atoms with Gasteiger partial charge in [0.15, 0.2) is 0 Å². The van der Waals surface area contributed by atoms with Gasteiger partial charge in [-0.05, 0) is 5.92 Å². The molecule has 0 amide bonds. The van der Waals surface area contributed by atoms with Crippen LogP contribution in [0.2, 0.25) is 0 Å². The van der Waals surface area contributed by atoms with E-state index >= 15 is 0 Å². The molecule has 0 unspecified atom stereocenters. The number of rotatable bonds is 3. The summed E-state index contributed by atoms with van der Waals surface area (Å²) in [6, 6.07) is -0.515. The predicted molar refractivity (Wildman–Crippen MR) is 54.7 cm³/mol. The van der Waals surface area contributed by atoms with Crippen LogP contribution in [0.5, 0.6) is 0 Å². The fourth-order valence-electron chi connectivity index (χ4n) is 1.11. The first kappa shape index (κ1) is 10.7. The molecule has 0 spiro atoms. The van der Waals surface area contributed by atoms with E-state index in [1.807, 2.05) is 13.8 Å². The minimum Gasteiger partial charge on any atom is -0.396 e. The van der Waals surface area contributed by atoms with Crippen molar-refractivity contribution in [1.82, 2.24) is 9.78 Å². The summed E-state index contributed by atoms with van der Waals surface area (Å²) >= 11 is 0. The molecule has 0 saturated carbocycles. The van der Waals surface area contributed by atoms with Gasteiger partial charge in [-0.2, -0.15) is 5.10 Å². The molecule has 2 atom stereocenters. The lowest BCUT2D eigenvalue weighted by Crippen LogP contribution is -2.40. The molecule has 5 heteroatoms. The van der Waals surface area contributed by atoms with Gasteiger partial charge in [0.25, 0.3) is 5.91 Å². The van der Waals surface area contributed by atoms with Crippen LogP contribution in [0, 0.1) is 5.92 Å². The topological polar surface area (TPSA) is 86.9 Å². The number of nitrogens with zero attached hydrogens (tertiary/aromatic N) is 2. The smallest absolute Gasteiger partial charge is 0.264 e. The molecule has 0 saturated heterocycles. The predicted octanol–water partition coefficient (Wildman–Crippen LogP) is 0.479. The normalized spacial score (nSPS) is 15.1. The van der Waals surface area contributed by atoms with Crippen molar-refractivity contribution in [3.63, 3.8) is 0 Å². The first-order chi connectivity index (χ1) is 6.56. The highest BCUT2D eigenvalue weighted by atomic mass is 16.2. The Hall–Kier alpha value is -1.36. The van der Waals surface area contributed by atoms with Crippen LogP contribution in [0.3, 0.4) is 0 Å². The van der Waals surface area contributed by atoms with Crippen LogP contribution in [0.1, 0.15) is 25.1 Å². The molecule has 0 bridgehead atoms. The van der Waals surface area contributed by atoms with Crippen molar-refractivity contribution in [3.8, 4) is 0 Å². The number of hydrogen-bond acceptors (Lipinski definition) is 4. The largest absolute Gasteiger partial charge is 0.396 e. The van der Waals surface area contributed by atoms with Crippen molar-refractivity contribution in [2.75, 3.05) is 5.73 Å². The Morgan fingerprint density at radius 1 is 1.71 bits per heavy atom. The lowest BCUT2D eigenvalue weighted by Gasteiger charge is -2.16. The number of carbonyl (C=O) groups is 1. The van der Waals surface area contributed by atoms with Crippen LogP contribution in [0.25, 0.3) is 0 Å². The highest BCUT2D eigenvalue weighted by Gasteiger charge is 2.21. The van der Waals surface area contributed by atoms with E-state index in [4.69, 9.17) is 11.5 Å². The highest BCUT2D eigenvalue weighted by molar-refractivity contribution is 5.83. The third-order valence-electron chi connectivity index (χ3n) is 2.37. The van der Waals surface area contributed by atoms with Crippen LogP contribution in [0.15, 0.2) is 12.4 Å². The Morgan fingerprint density at radius 2 is 2.36 bits per heavy atom. The monoisotopic (exact) mass is 196 g/mol. The molecule has 1 rings (SSSR count). The van der Waals surface area contributed by atoms with Gasteiger partial charge in [-0.1, -0.05) is 20.3 Å². The van der Waals surface area contributed by atoms with E-state index in [2.05, 4.69) is 5.10 Å². The van der Waals surface area contributed by atoms with Crippen molar-refractivity contribution in [2.24, 2.45) is 11.7 Å². The number of nitrogen functional groups attached to an aromatic ring is 1. The molecule has 1 aromatic rings. The summed E-state index contributed by atoms with van der Waals surface area (Å²) in [7, 11) is 0. The summed E-state index contributed by atoms with van der Waals surface area (Å²) < 4.78 is 1.20. The van der Waals surface area contributed by atoms with Gasteiger partial charge >= 0.3 is 0 Å². The molecule has 0 fully saturated rings. The van der Waals surface area contributed by atoms with Gasteiger partial charge in [0.2, 0.25) is 0 Å². The maximum Gasteiger partial charge on any atom is 0.264 e. The number of anilines is 1. The lowest BCUT2D eigenvalue weighted by atomic mass is 10.00. The summed E-state index contributed by atoms with van der Waals surface area (Å²) in [5, 5.41) is 3.82. The molecule has 0 aromatic carbocycles. The summed E-state index contributed by atoms with van der Waals surface area (Å²) in [5.41, 5.74) is 11.7. The van der Waals surface area contributed by atoms with E-state index in [1.54, 1.807) is 0 Å². The van der Waals surface area contributed by atoms with E-state index < -0.39 is 6.04 Å². The van der Waals surface area contributed by atoms with Gasteiger partial charge in [0, 0.05) is 0 Å². The molecule has 0 aliphatic carbocycles. The standard InChI is InChI=1S/C9H16N4O/c1-3-6(2)8(11)9(14)13-5-7(10)4-12-13/h4-6,8H,3,10-11H2,1-2H3/t6-,8-/m0/s1. The van der Waals surface area contributed by atoms with Gasteiger partial charge in [0.05, 0.1) is 24.1 Å². The van der Waals surface area contributed by atoms with E-state index in [9.17, 15) is 4.79 Å². The lowest BCUT2D eigenvalue weighted by molar-refractivity contribution is 0.0834. The Bertz CT molecular complexity index is 320. The van der Waals surface area contributed by atoms with E-state index in [1.165, 1.54) is 17.1 Å². The molecule has 1 aromatic heterocycles. The molecule has 1 heterocycles. The second kappa shape index (κ2) is 4.23. The van der Waals surface area contributed by atoms with E-state index in [-0.39, 0.29) is 11.8 Å². The van der Waals surface area contributed by atoms with Crippen molar-refractivity contribution in [1.29, 1.82) is 0 Å². The number of carbonyl (C=O) groups excluding carboxylic acids is 1. The van der Waals surface area contributed by atoms with Crippen LogP contribution in [-0.4, -0.2) is 21.7 Å². The van der Waals surface area contributed by atoms with Crippen molar-refractivity contribution in [3.05, 3.63) is 12.4 Å². The third-order valence-corrected chi connectivity index (χ3v) is 2.37. The van der Waals surface area contributed by atoms with Gasteiger partial charge in [-0.15, -0.1) is 0 Å². The maximum atomic E-state index is 11.7. The third kappa shape index (κ3) is 2.11. The first-order valence-corrected chi connectivity index (χ1v) is 4.66. The Labute approximate surface area is 83.1 Å². The van der Waals surface area contributed by atoms with E-state index in [0.717, 1.165) is 6.42 Å². The fraction of sp³-hybridized carbons (Fsp3) is 0.556. The molecular formula is C9H16N4O.